The van der Waals surface area contributed by atoms with E-state index in [-0.39, 0.29) is 19.0 Å². The fraction of sp³-hybridized carbons (Fsp3) is 0.529. The van der Waals surface area contributed by atoms with E-state index in [4.69, 9.17) is 4.74 Å². The van der Waals surface area contributed by atoms with Crippen LogP contribution in [0.3, 0.4) is 0 Å². The van der Waals surface area contributed by atoms with Gasteiger partial charge in [0.2, 0.25) is 0 Å². The first kappa shape index (κ1) is 17.0. The average molecular weight is 334 g/mol. The summed E-state index contributed by atoms with van der Waals surface area (Å²) >= 11 is 0. The highest BCUT2D eigenvalue weighted by Gasteiger charge is 2.26. The van der Waals surface area contributed by atoms with Crippen molar-refractivity contribution in [1.82, 2.24) is 19.7 Å². The van der Waals surface area contributed by atoms with Crippen LogP contribution >= 0.6 is 0 Å². The maximum absolute atomic E-state index is 13.5. The van der Waals surface area contributed by atoms with Crippen LogP contribution in [0.1, 0.15) is 18.4 Å². The second-order valence-corrected chi connectivity index (χ2v) is 6.17. The van der Waals surface area contributed by atoms with E-state index >= 15 is 0 Å². The number of benzene rings is 1. The first-order valence-electron chi connectivity index (χ1n) is 8.28. The van der Waals surface area contributed by atoms with Crippen molar-refractivity contribution in [3.63, 3.8) is 0 Å². The Morgan fingerprint density at radius 2 is 2.25 bits per heavy atom. The first-order chi connectivity index (χ1) is 11.7. The molecule has 1 saturated heterocycles. The zero-order chi connectivity index (χ0) is 16.8. The van der Waals surface area contributed by atoms with Crippen molar-refractivity contribution >= 4 is 0 Å². The lowest BCUT2D eigenvalue weighted by Gasteiger charge is -2.26. The fourth-order valence-electron chi connectivity index (χ4n) is 3.13. The summed E-state index contributed by atoms with van der Waals surface area (Å²) in [6, 6.07) is 6.88. The molecule has 130 valence electrons. The Kier molecular flexibility index (Phi) is 5.90. The zero-order valence-electron chi connectivity index (χ0n) is 13.6. The summed E-state index contributed by atoms with van der Waals surface area (Å²) in [6.07, 6.45) is 4.85. The Balaban J connectivity index is 1.42. The zero-order valence-corrected chi connectivity index (χ0v) is 13.6. The van der Waals surface area contributed by atoms with Crippen molar-refractivity contribution < 1.29 is 14.2 Å². The molecule has 0 saturated carbocycles. The molecule has 0 radical (unpaired) electrons. The third-order valence-electron chi connectivity index (χ3n) is 4.33. The Labute approximate surface area is 140 Å². The third kappa shape index (κ3) is 4.59. The summed E-state index contributed by atoms with van der Waals surface area (Å²) in [5, 5.41) is 14.3. The van der Waals surface area contributed by atoms with E-state index in [1.165, 1.54) is 12.4 Å². The molecule has 1 aliphatic heterocycles. The van der Waals surface area contributed by atoms with Gasteiger partial charge in [-0.3, -0.25) is 9.58 Å². The Morgan fingerprint density at radius 3 is 3.04 bits per heavy atom. The largest absolute Gasteiger partial charge is 0.389 e. The van der Waals surface area contributed by atoms with Gasteiger partial charge in [-0.2, -0.15) is 5.10 Å². The molecule has 0 aliphatic carbocycles. The maximum atomic E-state index is 13.5. The Morgan fingerprint density at radius 1 is 1.38 bits per heavy atom. The second-order valence-electron chi connectivity index (χ2n) is 6.17. The highest BCUT2D eigenvalue weighted by molar-refractivity contribution is 5.16. The number of rotatable bonds is 8. The van der Waals surface area contributed by atoms with Gasteiger partial charge in [0.1, 0.15) is 18.5 Å². The highest BCUT2D eigenvalue weighted by atomic mass is 19.1. The van der Waals surface area contributed by atoms with Gasteiger partial charge in [0, 0.05) is 18.2 Å². The van der Waals surface area contributed by atoms with E-state index in [1.807, 2.05) is 4.68 Å². The maximum Gasteiger partial charge on any atom is 0.137 e. The number of aliphatic hydroxyl groups is 1. The lowest BCUT2D eigenvalue weighted by Crippen LogP contribution is -2.40. The predicted molar refractivity (Wildman–Crippen MR) is 86.7 cm³/mol. The van der Waals surface area contributed by atoms with Crippen LogP contribution in [-0.4, -0.2) is 56.6 Å². The summed E-state index contributed by atoms with van der Waals surface area (Å²) in [4.78, 5) is 6.22. The number of ether oxygens (including phenoxy) is 1. The van der Waals surface area contributed by atoms with Gasteiger partial charge < -0.3 is 9.84 Å². The minimum absolute atomic E-state index is 0.173. The number of aliphatic hydroxyl groups excluding tert-OH is 1. The topological polar surface area (TPSA) is 63.4 Å². The number of hydrogen-bond donors (Lipinski definition) is 1. The van der Waals surface area contributed by atoms with Gasteiger partial charge in [0.15, 0.2) is 0 Å². The molecule has 24 heavy (non-hydrogen) atoms. The monoisotopic (exact) mass is 334 g/mol. The van der Waals surface area contributed by atoms with Crippen LogP contribution in [0.5, 0.6) is 0 Å². The minimum atomic E-state index is -0.590. The molecule has 3 rings (SSSR count). The molecule has 7 heteroatoms. The van der Waals surface area contributed by atoms with E-state index in [1.54, 1.807) is 24.5 Å². The van der Waals surface area contributed by atoms with Gasteiger partial charge >= 0.3 is 0 Å². The van der Waals surface area contributed by atoms with E-state index in [9.17, 15) is 9.50 Å². The van der Waals surface area contributed by atoms with Crippen molar-refractivity contribution in [1.29, 1.82) is 0 Å². The SMILES string of the molecule is O[C@@H](COCc1ccccc1F)CN1CCC[C@@H]1Cn1cncn1. The van der Waals surface area contributed by atoms with Gasteiger partial charge in [-0.15, -0.1) is 0 Å². The van der Waals surface area contributed by atoms with Crippen LogP contribution in [0.2, 0.25) is 0 Å². The number of halogens is 1. The molecule has 0 unspecified atom stereocenters. The van der Waals surface area contributed by atoms with Crippen LogP contribution in [0.15, 0.2) is 36.9 Å². The molecule has 0 bridgehead atoms. The summed E-state index contributed by atoms with van der Waals surface area (Å²) in [5.41, 5.74) is 0.509. The summed E-state index contributed by atoms with van der Waals surface area (Å²) < 4.78 is 20.8. The Bertz CT molecular complexity index is 623. The summed E-state index contributed by atoms with van der Waals surface area (Å²) in [7, 11) is 0. The van der Waals surface area contributed by atoms with Crippen molar-refractivity contribution in [3.8, 4) is 0 Å². The number of β-amino-alcohol motifs (C(OH)–C–C–N with tert-alkyl or cyclic N) is 1. The van der Waals surface area contributed by atoms with Gasteiger partial charge in [-0.25, -0.2) is 9.37 Å². The summed E-state index contributed by atoms with van der Waals surface area (Å²) in [5.74, 6) is -0.278. The molecule has 0 spiro atoms. The number of aromatic nitrogens is 3. The quantitative estimate of drug-likeness (QED) is 0.792. The number of nitrogens with zero attached hydrogens (tertiary/aromatic N) is 4. The van der Waals surface area contributed by atoms with Crippen molar-refractivity contribution in [2.45, 2.75) is 38.1 Å². The summed E-state index contributed by atoms with van der Waals surface area (Å²) in [6.45, 7) is 2.66. The normalized spacial score (nSPS) is 19.7. The van der Waals surface area contributed by atoms with Crippen molar-refractivity contribution in [3.05, 3.63) is 48.3 Å². The fourth-order valence-corrected chi connectivity index (χ4v) is 3.13. The lowest BCUT2D eigenvalue weighted by atomic mass is 10.2. The van der Waals surface area contributed by atoms with E-state index in [0.717, 1.165) is 25.9 Å². The molecule has 2 aromatic rings. The van der Waals surface area contributed by atoms with E-state index < -0.39 is 6.10 Å². The number of likely N-dealkylation sites (tertiary alicyclic amines) is 1. The van der Waals surface area contributed by atoms with Gasteiger partial charge in [0.25, 0.3) is 0 Å². The third-order valence-corrected chi connectivity index (χ3v) is 4.33. The first-order valence-corrected chi connectivity index (χ1v) is 8.28. The molecule has 0 amide bonds. The van der Waals surface area contributed by atoms with Crippen molar-refractivity contribution in [2.24, 2.45) is 0 Å². The van der Waals surface area contributed by atoms with Gasteiger partial charge in [-0.1, -0.05) is 18.2 Å². The van der Waals surface area contributed by atoms with Crippen molar-refractivity contribution in [2.75, 3.05) is 19.7 Å². The van der Waals surface area contributed by atoms with Crippen LogP contribution in [-0.2, 0) is 17.9 Å². The van der Waals surface area contributed by atoms with Crippen LogP contribution < -0.4 is 0 Å². The molecular formula is C17H23FN4O2. The van der Waals surface area contributed by atoms with Gasteiger partial charge in [0.05, 0.1) is 25.9 Å². The predicted octanol–water partition coefficient (Wildman–Crippen LogP) is 1.46. The molecule has 1 N–H and O–H groups in total. The average Bonchev–Trinajstić information content (AvgIpc) is 3.22. The molecule has 1 fully saturated rings. The Hall–Kier alpha value is -1.83. The van der Waals surface area contributed by atoms with Crippen LogP contribution in [0, 0.1) is 5.82 Å². The smallest absolute Gasteiger partial charge is 0.137 e. The lowest BCUT2D eigenvalue weighted by molar-refractivity contribution is 0.00594. The molecule has 2 atom stereocenters. The molecule has 1 aliphatic rings. The van der Waals surface area contributed by atoms with Gasteiger partial charge in [-0.05, 0) is 25.5 Å². The molecule has 1 aromatic heterocycles. The van der Waals surface area contributed by atoms with Crippen LogP contribution in [0.4, 0.5) is 4.39 Å². The second kappa shape index (κ2) is 8.32. The standard InChI is InChI=1S/C17H23FN4O2/c18-17-6-2-1-4-14(17)10-24-11-16(23)9-21-7-3-5-15(21)8-22-13-19-12-20-22/h1-2,4,6,12-13,15-16,23H,3,5,7-11H2/t15-,16-/m1/s1. The molecule has 1 aromatic carbocycles. The number of hydrogen-bond acceptors (Lipinski definition) is 5. The molecular weight excluding hydrogens is 311 g/mol. The minimum Gasteiger partial charge on any atom is -0.389 e. The molecule has 6 nitrogen and oxygen atoms in total. The van der Waals surface area contributed by atoms with E-state index in [0.29, 0.717) is 18.2 Å². The van der Waals surface area contributed by atoms with Crippen LogP contribution in [0.25, 0.3) is 0 Å². The van der Waals surface area contributed by atoms with E-state index in [2.05, 4.69) is 15.0 Å². The molecule has 2 heterocycles. The highest BCUT2D eigenvalue weighted by Crippen LogP contribution is 2.19.